The zero-order valence-corrected chi connectivity index (χ0v) is 14.5. The Bertz CT molecular complexity index is 632. The summed E-state index contributed by atoms with van der Waals surface area (Å²) in [6.07, 6.45) is 0. The predicted octanol–water partition coefficient (Wildman–Crippen LogP) is 4.49. The van der Waals surface area contributed by atoms with Crippen LogP contribution in [-0.4, -0.2) is 19.7 Å². The molecule has 0 spiro atoms. The lowest BCUT2D eigenvalue weighted by Gasteiger charge is -2.22. The van der Waals surface area contributed by atoms with Crippen molar-refractivity contribution in [2.24, 2.45) is 0 Å². The second-order valence-corrected chi connectivity index (χ2v) is 6.03. The van der Waals surface area contributed by atoms with Crippen LogP contribution >= 0.6 is 0 Å². The van der Waals surface area contributed by atoms with Crippen molar-refractivity contribution in [1.82, 2.24) is 5.32 Å². The third-order valence-corrected chi connectivity index (χ3v) is 4.22. The molecule has 2 rings (SSSR count). The van der Waals surface area contributed by atoms with E-state index >= 15 is 0 Å². The van der Waals surface area contributed by atoms with Gasteiger partial charge in [0.1, 0.15) is 11.6 Å². The van der Waals surface area contributed by atoms with Crippen molar-refractivity contribution >= 4 is 0 Å². The topological polar surface area (TPSA) is 21.3 Å². The molecule has 2 aromatic carbocycles. The van der Waals surface area contributed by atoms with E-state index in [1.807, 2.05) is 6.07 Å². The monoisotopic (exact) mass is 333 g/mol. The molecule has 1 unspecified atom stereocenters. The number of ether oxygens (including phenoxy) is 1. The molecule has 0 amide bonds. The Labute approximate surface area is 142 Å². The van der Waals surface area contributed by atoms with Gasteiger partial charge in [-0.25, -0.2) is 8.78 Å². The molecule has 130 valence electrons. The Balaban J connectivity index is 2.10. The van der Waals surface area contributed by atoms with Crippen molar-refractivity contribution in [2.45, 2.75) is 33.3 Å². The molecular weight excluding hydrogens is 308 g/mol. The summed E-state index contributed by atoms with van der Waals surface area (Å²) in [6.45, 7) is 8.19. The predicted molar refractivity (Wildman–Crippen MR) is 93.2 cm³/mol. The van der Waals surface area contributed by atoms with Crippen LogP contribution in [0.15, 0.2) is 36.4 Å². The Morgan fingerprint density at radius 1 is 1.00 bits per heavy atom. The number of nitrogens with one attached hydrogen (secondary N) is 1. The Kier molecular flexibility index (Phi) is 6.88. The quantitative estimate of drug-likeness (QED) is 0.768. The molecule has 2 nitrogen and oxygen atoms in total. The highest BCUT2D eigenvalue weighted by molar-refractivity contribution is 5.37. The molecule has 1 atom stereocenters. The SMILES string of the molecule is CCNCC(COCc1c(F)cccc1F)c1c(C)cccc1C. The Hall–Kier alpha value is -1.78. The van der Waals surface area contributed by atoms with Crippen LogP contribution in [0.25, 0.3) is 0 Å². The van der Waals surface area contributed by atoms with Crippen LogP contribution in [0.4, 0.5) is 8.78 Å². The number of hydrogen-bond donors (Lipinski definition) is 1. The van der Waals surface area contributed by atoms with Crippen LogP contribution < -0.4 is 5.32 Å². The maximum Gasteiger partial charge on any atom is 0.131 e. The molecule has 0 saturated carbocycles. The van der Waals surface area contributed by atoms with E-state index in [1.54, 1.807) is 0 Å². The summed E-state index contributed by atoms with van der Waals surface area (Å²) in [4.78, 5) is 0. The van der Waals surface area contributed by atoms with Crippen LogP contribution in [0.2, 0.25) is 0 Å². The van der Waals surface area contributed by atoms with Gasteiger partial charge >= 0.3 is 0 Å². The van der Waals surface area contributed by atoms with Gasteiger partial charge in [-0.2, -0.15) is 0 Å². The lowest BCUT2D eigenvalue weighted by atomic mass is 9.91. The van der Waals surface area contributed by atoms with Gasteiger partial charge in [0.2, 0.25) is 0 Å². The average molecular weight is 333 g/mol. The molecule has 0 aromatic heterocycles. The average Bonchev–Trinajstić information content (AvgIpc) is 2.54. The molecule has 0 aliphatic heterocycles. The van der Waals surface area contributed by atoms with Gasteiger partial charge in [-0.1, -0.05) is 31.2 Å². The molecule has 0 heterocycles. The van der Waals surface area contributed by atoms with Crippen LogP contribution in [0.1, 0.15) is 35.1 Å². The molecular formula is C20H25F2NO. The highest BCUT2D eigenvalue weighted by atomic mass is 19.1. The fraction of sp³-hybridized carbons (Fsp3) is 0.400. The third kappa shape index (κ3) is 4.62. The maximum atomic E-state index is 13.7. The van der Waals surface area contributed by atoms with E-state index in [4.69, 9.17) is 4.74 Å². The van der Waals surface area contributed by atoms with Crippen molar-refractivity contribution in [2.75, 3.05) is 19.7 Å². The van der Waals surface area contributed by atoms with Gasteiger partial charge < -0.3 is 10.1 Å². The van der Waals surface area contributed by atoms with Crippen LogP contribution in [0, 0.1) is 25.5 Å². The van der Waals surface area contributed by atoms with E-state index in [0.717, 1.165) is 13.1 Å². The van der Waals surface area contributed by atoms with E-state index < -0.39 is 11.6 Å². The first kappa shape index (κ1) is 18.6. The lowest BCUT2D eigenvalue weighted by Crippen LogP contribution is -2.25. The summed E-state index contributed by atoms with van der Waals surface area (Å²) in [6, 6.07) is 10.1. The summed E-state index contributed by atoms with van der Waals surface area (Å²) in [7, 11) is 0. The molecule has 0 radical (unpaired) electrons. The van der Waals surface area contributed by atoms with Crippen LogP contribution in [0.5, 0.6) is 0 Å². The van der Waals surface area contributed by atoms with Gasteiger partial charge in [-0.05, 0) is 49.2 Å². The second-order valence-electron chi connectivity index (χ2n) is 6.03. The summed E-state index contributed by atoms with van der Waals surface area (Å²) >= 11 is 0. The zero-order valence-electron chi connectivity index (χ0n) is 14.5. The van der Waals surface area contributed by atoms with Crippen LogP contribution in [-0.2, 0) is 11.3 Å². The minimum absolute atomic E-state index is 0.0128. The van der Waals surface area contributed by atoms with Gasteiger partial charge in [0.25, 0.3) is 0 Å². The zero-order chi connectivity index (χ0) is 17.5. The van der Waals surface area contributed by atoms with Crippen molar-refractivity contribution in [3.63, 3.8) is 0 Å². The van der Waals surface area contributed by atoms with Gasteiger partial charge in [0, 0.05) is 18.0 Å². The Morgan fingerprint density at radius 3 is 2.17 bits per heavy atom. The number of likely N-dealkylation sites (N-methyl/N-ethyl adjacent to an activating group) is 1. The van der Waals surface area contributed by atoms with E-state index in [1.165, 1.54) is 34.9 Å². The molecule has 0 aliphatic rings. The Morgan fingerprint density at radius 2 is 1.58 bits per heavy atom. The first-order chi connectivity index (χ1) is 11.5. The van der Waals surface area contributed by atoms with Crippen molar-refractivity contribution in [1.29, 1.82) is 0 Å². The smallest absolute Gasteiger partial charge is 0.131 e. The number of benzene rings is 2. The largest absolute Gasteiger partial charge is 0.376 e. The lowest BCUT2D eigenvalue weighted by molar-refractivity contribution is 0.102. The number of aryl methyl sites for hydroxylation is 2. The fourth-order valence-corrected chi connectivity index (χ4v) is 3.01. The maximum absolute atomic E-state index is 13.7. The summed E-state index contributed by atoms with van der Waals surface area (Å²) in [5, 5.41) is 3.34. The van der Waals surface area contributed by atoms with E-state index in [2.05, 4.69) is 38.2 Å². The minimum Gasteiger partial charge on any atom is -0.376 e. The highest BCUT2D eigenvalue weighted by Gasteiger charge is 2.17. The minimum atomic E-state index is -0.565. The first-order valence-electron chi connectivity index (χ1n) is 8.32. The molecule has 24 heavy (non-hydrogen) atoms. The molecule has 1 N–H and O–H groups in total. The molecule has 0 aliphatic carbocycles. The van der Waals surface area contributed by atoms with Crippen molar-refractivity contribution in [3.8, 4) is 0 Å². The molecule has 0 saturated heterocycles. The normalized spacial score (nSPS) is 12.4. The van der Waals surface area contributed by atoms with Crippen molar-refractivity contribution < 1.29 is 13.5 Å². The third-order valence-electron chi connectivity index (χ3n) is 4.22. The van der Waals surface area contributed by atoms with Gasteiger partial charge in [-0.3, -0.25) is 0 Å². The molecule has 0 fully saturated rings. The van der Waals surface area contributed by atoms with E-state index in [-0.39, 0.29) is 18.1 Å². The van der Waals surface area contributed by atoms with Crippen molar-refractivity contribution in [3.05, 3.63) is 70.3 Å². The summed E-state index contributed by atoms with van der Waals surface area (Å²) < 4.78 is 33.1. The number of halogens is 2. The molecule has 2 aromatic rings. The van der Waals surface area contributed by atoms with Crippen LogP contribution in [0.3, 0.4) is 0 Å². The van der Waals surface area contributed by atoms with E-state index in [9.17, 15) is 8.78 Å². The standard InChI is InChI=1S/C20H25F2NO/c1-4-23-11-16(20-14(2)7-5-8-15(20)3)12-24-13-17-18(21)9-6-10-19(17)22/h5-10,16,23H,4,11-13H2,1-3H3. The highest BCUT2D eigenvalue weighted by Crippen LogP contribution is 2.24. The van der Waals surface area contributed by atoms with Gasteiger partial charge in [0.05, 0.1) is 13.2 Å². The summed E-state index contributed by atoms with van der Waals surface area (Å²) in [5.41, 5.74) is 3.64. The number of rotatable bonds is 8. The fourth-order valence-electron chi connectivity index (χ4n) is 3.01. The van der Waals surface area contributed by atoms with Gasteiger partial charge in [-0.15, -0.1) is 0 Å². The first-order valence-corrected chi connectivity index (χ1v) is 8.32. The number of hydrogen-bond acceptors (Lipinski definition) is 2. The molecule has 0 bridgehead atoms. The van der Waals surface area contributed by atoms with E-state index in [0.29, 0.717) is 6.61 Å². The summed E-state index contributed by atoms with van der Waals surface area (Å²) in [5.74, 6) is -0.989. The second kappa shape index (κ2) is 8.90. The molecule has 4 heteroatoms. The van der Waals surface area contributed by atoms with Gasteiger partial charge in [0.15, 0.2) is 0 Å².